The third-order valence-electron chi connectivity index (χ3n) is 4.58. The fourth-order valence-corrected chi connectivity index (χ4v) is 3.49. The van der Waals surface area contributed by atoms with Crippen LogP contribution in [-0.2, 0) is 6.18 Å². The van der Waals surface area contributed by atoms with Gasteiger partial charge in [0.2, 0.25) is 0 Å². The molecule has 0 saturated heterocycles. The molecular weight excluding hydrogens is 415 g/mol. The predicted molar refractivity (Wildman–Crippen MR) is 106 cm³/mol. The average Bonchev–Trinajstić information content (AvgIpc) is 3.12. The summed E-state index contributed by atoms with van der Waals surface area (Å²) in [6.45, 7) is 0. The second-order valence-electron chi connectivity index (χ2n) is 6.44. The van der Waals surface area contributed by atoms with Crippen molar-refractivity contribution in [1.29, 1.82) is 5.26 Å². The van der Waals surface area contributed by atoms with Crippen molar-refractivity contribution in [3.63, 3.8) is 0 Å². The van der Waals surface area contributed by atoms with Crippen molar-refractivity contribution in [2.45, 2.75) is 6.18 Å². The molecule has 0 N–H and O–H groups in total. The van der Waals surface area contributed by atoms with Crippen LogP contribution in [0.25, 0.3) is 22.2 Å². The summed E-state index contributed by atoms with van der Waals surface area (Å²) < 4.78 is 41.4. The number of nitriles is 1. The number of hydrogen-bond acceptors (Lipinski definition) is 3. The Morgan fingerprint density at radius 3 is 2.43 bits per heavy atom. The van der Waals surface area contributed by atoms with Crippen molar-refractivity contribution in [2.75, 3.05) is 0 Å². The van der Waals surface area contributed by atoms with Gasteiger partial charge in [0.1, 0.15) is 5.69 Å². The lowest BCUT2D eigenvalue weighted by Gasteiger charge is -2.13. The van der Waals surface area contributed by atoms with Crippen molar-refractivity contribution in [3.05, 3.63) is 88.4 Å². The molecule has 4 rings (SSSR count). The highest BCUT2D eigenvalue weighted by Crippen LogP contribution is 2.36. The van der Waals surface area contributed by atoms with E-state index in [1.54, 1.807) is 42.5 Å². The fraction of sp³-hybridized carbons (Fsp3) is 0.0455. The molecule has 0 amide bonds. The van der Waals surface area contributed by atoms with Gasteiger partial charge in [0.25, 0.3) is 5.91 Å². The van der Waals surface area contributed by atoms with Crippen LogP contribution >= 0.6 is 11.6 Å². The number of benzene rings is 3. The van der Waals surface area contributed by atoms with E-state index in [-0.39, 0.29) is 16.1 Å². The van der Waals surface area contributed by atoms with Crippen LogP contribution in [0.2, 0.25) is 5.02 Å². The SMILES string of the molecule is N#Cc1ccc2c(-c3ccccc3)nn(C(=O)c3c(Cl)cccc3C(F)(F)F)c2c1. The average molecular weight is 426 g/mol. The molecule has 1 heterocycles. The highest BCUT2D eigenvalue weighted by Gasteiger charge is 2.37. The number of halogens is 4. The molecule has 0 fully saturated rings. The molecule has 148 valence electrons. The van der Waals surface area contributed by atoms with Gasteiger partial charge in [-0.1, -0.05) is 48.0 Å². The zero-order valence-electron chi connectivity index (χ0n) is 15.1. The summed E-state index contributed by atoms with van der Waals surface area (Å²) >= 11 is 6.00. The van der Waals surface area contributed by atoms with Gasteiger partial charge in [0.05, 0.1) is 33.3 Å². The number of fused-ring (bicyclic) bond motifs is 1. The molecule has 0 aliphatic rings. The zero-order valence-corrected chi connectivity index (χ0v) is 15.9. The first-order chi connectivity index (χ1) is 14.3. The van der Waals surface area contributed by atoms with Crippen molar-refractivity contribution in [1.82, 2.24) is 9.78 Å². The maximum absolute atomic E-state index is 13.5. The lowest BCUT2D eigenvalue weighted by atomic mass is 10.1. The zero-order chi connectivity index (χ0) is 21.5. The Bertz CT molecular complexity index is 1320. The van der Waals surface area contributed by atoms with E-state index >= 15 is 0 Å². The van der Waals surface area contributed by atoms with E-state index < -0.39 is 23.2 Å². The van der Waals surface area contributed by atoms with E-state index in [0.717, 1.165) is 16.8 Å². The highest BCUT2D eigenvalue weighted by molar-refractivity contribution is 6.34. The smallest absolute Gasteiger partial charge is 0.267 e. The summed E-state index contributed by atoms with van der Waals surface area (Å²) in [5, 5.41) is 13.7. The molecule has 30 heavy (non-hydrogen) atoms. The summed E-state index contributed by atoms with van der Waals surface area (Å²) in [5.74, 6) is -1.03. The third kappa shape index (κ3) is 3.31. The number of carbonyl (C=O) groups excluding carboxylic acids is 1. The molecular formula is C22H11ClF3N3O. The minimum atomic E-state index is -4.78. The molecule has 1 aromatic heterocycles. The standard InChI is InChI=1S/C22H11ClF3N3O/c23-17-8-4-7-16(22(24,25)26)19(17)21(30)29-18-11-13(12-27)9-10-15(18)20(28-29)14-5-2-1-3-6-14/h1-11H. The second kappa shape index (κ2) is 7.32. The molecule has 0 bridgehead atoms. The van der Waals surface area contributed by atoms with Crippen LogP contribution in [-0.4, -0.2) is 15.7 Å². The van der Waals surface area contributed by atoms with Gasteiger partial charge in [0, 0.05) is 10.9 Å². The molecule has 0 aliphatic heterocycles. The fourth-order valence-electron chi connectivity index (χ4n) is 3.23. The number of rotatable bonds is 2. The number of aromatic nitrogens is 2. The van der Waals surface area contributed by atoms with Crippen LogP contribution in [0.5, 0.6) is 0 Å². The first-order valence-electron chi connectivity index (χ1n) is 8.70. The largest absolute Gasteiger partial charge is 0.417 e. The molecule has 8 heteroatoms. The Morgan fingerprint density at radius 2 is 1.77 bits per heavy atom. The minimum Gasteiger partial charge on any atom is -0.267 e. The first kappa shape index (κ1) is 19.7. The Balaban J connectivity index is 2.01. The van der Waals surface area contributed by atoms with Gasteiger partial charge in [-0.3, -0.25) is 4.79 Å². The molecule has 0 aliphatic carbocycles. The molecule has 0 spiro atoms. The lowest BCUT2D eigenvalue weighted by Crippen LogP contribution is -2.20. The second-order valence-corrected chi connectivity index (χ2v) is 6.84. The quantitative estimate of drug-likeness (QED) is 0.399. The van der Waals surface area contributed by atoms with Gasteiger partial charge in [-0.25, -0.2) is 0 Å². The minimum absolute atomic E-state index is 0.214. The summed E-state index contributed by atoms with van der Waals surface area (Å²) in [7, 11) is 0. The third-order valence-corrected chi connectivity index (χ3v) is 4.90. The normalized spacial score (nSPS) is 11.4. The van der Waals surface area contributed by atoms with Crippen molar-refractivity contribution < 1.29 is 18.0 Å². The molecule has 0 saturated carbocycles. The number of alkyl halides is 3. The molecule has 0 unspecified atom stereocenters. The van der Waals surface area contributed by atoms with Gasteiger partial charge in [-0.2, -0.15) is 28.2 Å². The van der Waals surface area contributed by atoms with Crippen LogP contribution in [0.1, 0.15) is 21.5 Å². The number of nitrogens with zero attached hydrogens (tertiary/aromatic N) is 3. The van der Waals surface area contributed by atoms with E-state index in [2.05, 4.69) is 5.10 Å². The predicted octanol–water partition coefficient (Wildman–Crippen LogP) is 5.94. The van der Waals surface area contributed by atoms with Crippen molar-refractivity contribution >= 4 is 28.4 Å². The van der Waals surface area contributed by atoms with Gasteiger partial charge >= 0.3 is 6.18 Å². The van der Waals surface area contributed by atoms with E-state index in [9.17, 15) is 23.2 Å². The summed E-state index contributed by atoms with van der Waals surface area (Å²) in [4.78, 5) is 13.2. The summed E-state index contributed by atoms with van der Waals surface area (Å²) in [5.41, 5.74) is -0.311. The van der Waals surface area contributed by atoms with Crippen molar-refractivity contribution in [2.24, 2.45) is 0 Å². The Hall–Kier alpha value is -3.63. The van der Waals surface area contributed by atoms with Crippen LogP contribution in [0, 0.1) is 11.3 Å². The van der Waals surface area contributed by atoms with E-state index in [4.69, 9.17) is 11.6 Å². The van der Waals surface area contributed by atoms with Gasteiger partial charge < -0.3 is 0 Å². The van der Waals surface area contributed by atoms with Gasteiger partial charge in [-0.05, 0) is 30.3 Å². The Kier molecular flexibility index (Phi) is 4.80. The van der Waals surface area contributed by atoms with E-state index in [1.165, 1.54) is 12.1 Å². The van der Waals surface area contributed by atoms with Crippen LogP contribution < -0.4 is 0 Å². The van der Waals surface area contributed by atoms with Gasteiger partial charge in [0.15, 0.2) is 0 Å². The maximum atomic E-state index is 13.5. The molecule has 0 radical (unpaired) electrons. The summed E-state index contributed by atoms with van der Waals surface area (Å²) in [6, 6.07) is 18.6. The van der Waals surface area contributed by atoms with Crippen LogP contribution in [0.4, 0.5) is 13.2 Å². The van der Waals surface area contributed by atoms with Crippen LogP contribution in [0.15, 0.2) is 66.7 Å². The highest BCUT2D eigenvalue weighted by atomic mass is 35.5. The van der Waals surface area contributed by atoms with Crippen molar-refractivity contribution in [3.8, 4) is 17.3 Å². The lowest BCUT2D eigenvalue weighted by molar-refractivity contribution is -0.137. The molecule has 0 atom stereocenters. The topological polar surface area (TPSA) is 58.7 Å². The summed E-state index contributed by atoms with van der Waals surface area (Å²) in [6.07, 6.45) is -4.78. The van der Waals surface area contributed by atoms with E-state index in [1.807, 2.05) is 6.07 Å². The van der Waals surface area contributed by atoms with Gasteiger partial charge in [-0.15, -0.1) is 0 Å². The Labute approximate surface area is 173 Å². The maximum Gasteiger partial charge on any atom is 0.417 e. The monoisotopic (exact) mass is 425 g/mol. The Morgan fingerprint density at radius 1 is 1.03 bits per heavy atom. The number of hydrogen-bond donors (Lipinski definition) is 0. The van der Waals surface area contributed by atoms with E-state index in [0.29, 0.717) is 16.6 Å². The first-order valence-corrected chi connectivity index (χ1v) is 9.08. The molecule has 4 aromatic rings. The molecule has 3 aromatic carbocycles. The number of carbonyl (C=O) groups is 1. The molecule has 4 nitrogen and oxygen atoms in total. The van der Waals surface area contributed by atoms with Crippen LogP contribution in [0.3, 0.4) is 0 Å².